The van der Waals surface area contributed by atoms with Crippen LogP contribution in [-0.2, 0) is 4.79 Å². The van der Waals surface area contributed by atoms with Gasteiger partial charge < -0.3 is 10.0 Å². The van der Waals surface area contributed by atoms with Crippen LogP contribution in [0.3, 0.4) is 0 Å². The Bertz CT molecular complexity index is 464. The van der Waals surface area contributed by atoms with Crippen LogP contribution in [0.2, 0.25) is 5.02 Å². The van der Waals surface area contributed by atoms with Gasteiger partial charge in [0.25, 0.3) is 5.91 Å². The highest BCUT2D eigenvalue weighted by Gasteiger charge is 2.31. The third kappa shape index (κ3) is 2.39. The third-order valence-corrected chi connectivity index (χ3v) is 3.13. The number of rotatable bonds is 2. The Morgan fingerprint density at radius 2 is 2.29 bits per heavy atom. The molecule has 0 radical (unpaired) electrons. The van der Waals surface area contributed by atoms with Gasteiger partial charge in [0.15, 0.2) is 0 Å². The first kappa shape index (κ1) is 11.9. The van der Waals surface area contributed by atoms with Crippen LogP contribution in [0.1, 0.15) is 16.8 Å². The summed E-state index contributed by atoms with van der Waals surface area (Å²) in [5, 5.41) is 9.15. The van der Waals surface area contributed by atoms with E-state index in [1.807, 2.05) is 0 Å². The Balaban J connectivity index is 2.13. The molecule has 0 aliphatic carbocycles. The van der Waals surface area contributed by atoms with Crippen LogP contribution in [0.25, 0.3) is 0 Å². The molecule has 1 fully saturated rings. The number of hydrogen-bond donors (Lipinski definition) is 1. The number of nitrogens with zero attached hydrogens (tertiary/aromatic N) is 2. The standard InChI is InChI=1S/C11H11ClN2O3/c12-9-5-13-3-1-8(9)10(15)14-4-2-7(6-14)11(16)17/h1,3,5,7H,2,4,6H2,(H,16,17). The molecule has 0 spiro atoms. The van der Waals surface area contributed by atoms with Crippen LogP contribution >= 0.6 is 11.6 Å². The number of carboxylic acids is 1. The van der Waals surface area contributed by atoms with Crippen LogP contribution in [0.4, 0.5) is 0 Å². The number of carbonyl (C=O) groups is 2. The predicted octanol–water partition coefficient (Wildman–Crippen LogP) is 1.28. The second kappa shape index (κ2) is 4.71. The van der Waals surface area contributed by atoms with Crippen molar-refractivity contribution < 1.29 is 14.7 Å². The topological polar surface area (TPSA) is 70.5 Å². The largest absolute Gasteiger partial charge is 0.481 e. The first-order chi connectivity index (χ1) is 8.09. The van der Waals surface area contributed by atoms with Crippen LogP contribution in [0.5, 0.6) is 0 Å². The highest BCUT2D eigenvalue weighted by Crippen LogP contribution is 2.21. The van der Waals surface area contributed by atoms with Crippen molar-refractivity contribution in [1.29, 1.82) is 0 Å². The molecule has 1 saturated heterocycles. The number of carboxylic acid groups (broad SMARTS) is 1. The molecular weight excluding hydrogens is 244 g/mol. The van der Waals surface area contributed by atoms with Gasteiger partial charge in [-0.2, -0.15) is 0 Å². The first-order valence-electron chi connectivity index (χ1n) is 5.21. The van der Waals surface area contributed by atoms with Crippen LogP contribution < -0.4 is 0 Å². The second-order valence-electron chi connectivity index (χ2n) is 3.93. The maximum absolute atomic E-state index is 12.1. The number of likely N-dealkylation sites (tertiary alicyclic amines) is 1. The van der Waals surface area contributed by atoms with E-state index in [0.717, 1.165) is 0 Å². The number of pyridine rings is 1. The summed E-state index contributed by atoms with van der Waals surface area (Å²) in [6.45, 7) is 0.696. The molecule has 1 amide bonds. The summed E-state index contributed by atoms with van der Waals surface area (Å²) in [6.07, 6.45) is 3.38. The van der Waals surface area contributed by atoms with Crippen molar-refractivity contribution >= 4 is 23.5 Å². The molecule has 2 heterocycles. The number of aliphatic carboxylic acids is 1. The van der Waals surface area contributed by atoms with Gasteiger partial charge in [0.2, 0.25) is 0 Å². The zero-order chi connectivity index (χ0) is 12.4. The minimum absolute atomic E-state index is 0.235. The fourth-order valence-electron chi connectivity index (χ4n) is 1.87. The van der Waals surface area contributed by atoms with E-state index in [4.69, 9.17) is 16.7 Å². The van der Waals surface area contributed by atoms with Crippen molar-refractivity contribution in [2.24, 2.45) is 5.92 Å². The Morgan fingerprint density at radius 3 is 2.88 bits per heavy atom. The highest BCUT2D eigenvalue weighted by atomic mass is 35.5. The molecule has 1 atom stereocenters. The van der Waals surface area contributed by atoms with Gasteiger partial charge in [0.1, 0.15) is 0 Å². The fraction of sp³-hybridized carbons (Fsp3) is 0.364. The lowest BCUT2D eigenvalue weighted by Crippen LogP contribution is -2.30. The van der Waals surface area contributed by atoms with E-state index in [1.165, 1.54) is 17.3 Å². The summed E-state index contributed by atoms with van der Waals surface area (Å²) in [7, 11) is 0. The average Bonchev–Trinajstić information content (AvgIpc) is 2.78. The van der Waals surface area contributed by atoms with E-state index in [9.17, 15) is 9.59 Å². The van der Waals surface area contributed by atoms with Crippen molar-refractivity contribution in [3.63, 3.8) is 0 Å². The number of halogens is 1. The smallest absolute Gasteiger partial charge is 0.308 e. The molecule has 1 unspecified atom stereocenters. The normalized spacial score (nSPS) is 19.4. The van der Waals surface area contributed by atoms with Gasteiger partial charge >= 0.3 is 5.97 Å². The van der Waals surface area contributed by atoms with Crippen molar-refractivity contribution in [2.45, 2.75) is 6.42 Å². The summed E-state index contributed by atoms with van der Waals surface area (Å²) in [6, 6.07) is 1.54. The summed E-state index contributed by atoms with van der Waals surface area (Å²) in [4.78, 5) is 28.2. The summed E-state index contributed by atoms with van der Waals surface area (Å²) < 4.78 is 0. The lowest BCUT2D eigenvalue weighted by molar-refractivity contribution is -0.141. The van der Waals surface area contributed by atoms with E-state index in [0.29, 0.717) is 18.5 Å². The van der Waals surface area contributed by atoms with Gasteiger partial charge in [-0.1, -0.05) is 11.6 Å². The summed E-state index contributed by atoms with van der Waals surface area (Å²) in [5.74, 6) is -1.57. The molecule has 1 aliphatic rings. The highest BCUT2D eigenvalue weighted by molar-refractivity contribution is 6.33. The second-order valence-corrected chi connectivity index (χ2v) is 4.34. The SMILES string of the molecule is O=C(O)C1CCN(C(=O)c2ccncc2Cl)C1. The lowest BCUT2D eigenvalue weighted by atomic mass is 10.1. The van der Waals surface area contributed by atoms with Gasteiger partial charge in [0, 0.05) is 25.5 Å². The fourth-order valence-corrected chi connectivity index (χ4v) is 2.07. The molecule has 1 aliphatic heterocycles. The molecule has 5 nitrogen and oxygen atoms in total. The van der Waals surface area contributed by atoms with Crippen molar-refractivity contribution in [1.82, 2.24) is 9.88 Å². The van der Waals surface area contributed by atoms with E-state index < -0.39 is 11.9 Å². The molecule has 17 heavy (non-hydrogen) atoms. The van der Waals surface area contributed by atoms with Crippen LogP contribution in [-0.4, -0.2) is 40.0 Å². The molecule has 0 bridgehead atoms. The van der Waals surface area contributed by atoms with Crippen molar-refractivity contribution in [3.05, 3.63) is 29.0 Å². The van der Waals surface area contributed by atoms with Gasteiger partial charge in [-0.3, -0.25) is 14.6 Å². The van der Waals surface area contributed by atoms with Crippen molar-refractivity contribution in [3.8, 4) is 0 Å². The Hall–Kier alpha value is -1.62. The van der Waals surface area contributed by atoms with Crippen LogP contribution in [0.15, 0.2) is 18.5 Å². The van der Waals surface area contributed by atoms with E-state index in [2.05, 4.69) is 4.98 Å². The molecular formula is C11H11ClN2O3. The maximum atomic E-state index is 12.1. The van der Waals surface area contributed by atoms with E-state index in [-0.39, 0.29) is 17.5 Å². The quantitative estimate of drug-likeness (QED) is 0.863. The molecule has 1 aromatic rings. The zero-order valence-corrected chi connectivity index (χ0v) is 9.72. The summed E-state index contributed by atoms with van der Waals surface area (Å²) in [5.41, 5.74) is 0.368. The predicted molar refractivity (Wildman–Crippen MR) is 60.9 cm³/mol. The molecule has 0 aromatic carbocycles. The number of amides is 1. The zero-order valence-electron chi connectivity index (χ0n) is 8.97. The Morgan fingerprint density at radius 1 is 1.53 bits per heavy atom. The number of hydrogen-bond acceptors (Lipinski definition) is 3. The summed E-state index contributed by atoms with van der Waals surface area (Å²) >= 11 is 5.87. The minimum Gasteiger partial charge on any atom is -0.481 e. The van der Waals surface area contributed by atoms with Crippen molar-refractivity contribution in [2.75, 3.05) is 13.1 Å². The average molecular weight is 255 g/mol. The lowest BCUT2D eigenvalue weighted by Gasteiger charge is -2.16. The van der Waals surface area contributed by atoms with Gasteiger partial charge in [0.05, 0.1) is 16.5 Å². The molecule has 2 rings (SSSR count). The number of carbonyl (C=O) groups excluding carboxylic acids is 1. The number of aromatic nitrogens is 1. The van der Waals surface area contributed by atoms with E-state index in [1.54, 1.807) is 6.07 Å². The minimum atomic E-state index is -0.860. The molecule has 1 N–H and O–H groups in total. The van der Waals surface area contributed by atoms with Gasteiger partial charge in [-0.05, 0) is 12.5 Å². The monoisotopic (exact) mass is 254 g/mol. The van der Waals surface area contributed by atoms with Gasteiger partial charge in [-0.25, -0.2) is 0 Å². The molecule has 90 valence electrons. The van der Waals surface area contributed by atoms with E-state index >= 15 is 0 Å². The maximum Gasteiger partial charge on any atom is 0.308 e. The third-order valence-electron chi connectivity index (χ3n) is 2.83. The Labute approximate surface area is 103 Å². The van der Waals surface area contributed by atoms with Gasteiger partial charge in [-0.15, -0.1) is 0 Å². The molecule has 6 heteroatoms. The Kier molecular flexibility index (Phi) is 3.28. The first-order valence-corrected chi connectivity index (χ1v) is 5.59. The van der Waals surface area contributed by atoms with Crippen LogP contribution in [0, 0.1) is 5.92 Å². The molecule has 0 saturated carbocycles. The molecule has 1 aromatic heterocycles.